The monoisotopic (exact) mass is 240 g/mol. The van der Waals surface area contributed by atoms with Crippen LogP contribution in [0, 0.1) is 0 Å². The zero-order valence-corrected chi connectivity index (χ0v) is 10.9. The minimum Gasteiger partial charge on any atom is -0.390 e. The Morgan fingerprint density at radius 3 is 2.59 bits per heavy atom. The Labute approximate surface area is 103 Å². The van der Waals surface area contributed by atoms with E-state index in [9.17, 15) is 5.11 Å². The van der Waals surface area contributed by atoms with Crippen LogP contribution in [0.4, 0.5) is 0 Å². The Balaban J connectivity index is 1.53. The van der Waals surface area contributed by atoms with E-state index in [0.717, 1.165) is 44.9 Å². The van der Waals surface area contributed by atoms with E-state index in [2.05, 4.69) is 6.92 Å². The van der Waals surface area contributed by atoms with Gasteiger partial charge in [0.15, 0.2) is 0 Å². The highest BCUT2D eigenvalue weighted by molar-refractivity contribution is 5.04. The SMILES string of the molecule is CC1(O)CCCC(OC2CCC3OC3(C)C2)C1. The molecule has 2 aliphatic carbocycles. The summed E-state index contributed by atoms with van der Waals surface area (Å²) in [5.41, 5.74) is -0.403. The molecule has 5 unspecified atom stereocenters. The molecule has 0 radical (unpaired) electrons. The number of rotatable bonds is 2. The summed E-state index contributed by atoms with van der Waals surface area (Å²) in [6.45, 7) is 4.13. The first-order valence-corrected chi connectivity index (χ1v) is 7.03. The third kappa shape index (κ3) is 2.51. The van der Waals surface area contributed by atoms with Crippen LogP contribution in [0.5, 0.6) is 0 Å². The van der Waals surface area contributed by atoms with Crippen LogP contribution in [0.2, 0.25) is 0 Å². The lowest BCUT2D eigenvalue weighted by Crippen LogP contribution is -2.39. The number of ether oxygens (including phenoxy) is 2. The molecule has 0 spiro atoms. The fourth-order valence-electron chi connectivity index (χ4n) is 3.64. The number of hydrogen-bond donors (Lipinski definition) is 1. The number of epoxide rings is 1. The van der Waals surface area contributed by atoms with Crippen molar-refractivity contribution in [3.05, 3.63) is 0 Å². The van der Waals surface area contributed by atoms with Crippen molar-refractivity contribution in [2.45, 2.75) is 88.3 Å². The highest BCUT2D eigenvalue weighted by Crippen LogP contribution is 2.48. The summed E-state index contributed by atoms with van der Waals surface area (Å²) < 4.78 is 11.9. The van der Waals surface area contributed by atoms with E-state index in [4.69, 9.17) is 9.47 Å². The minimum atomic E-state index is -0.514. The summed E-state index contributed by atoms with van der Waals surface area (Å²) in [4.78, 5) is 0. The fourth-order valence-corrected chi connectivity index (χ4v) is 3.64. The van der Waals surface area contributed by atoms with Gasteiger partial charge >= 0.3 is 0 Å². The van der Waals surface area contributed by atoms with Gasteiger partial charge < -0.3 is 14.6 Å². The van der Waals surface area contributed by atoms with E-state index in [1.54, 1.807) is 0 Å². The number of hydrogen-bond acceptors (Lipinski definition) is 3. The highest BCUT2D eigenvalue weighted by Gasteiger charge is 2.56. The zero-order valence-electron chi connectivity index (χ0n) is 10.9. The molecule has 3 fully saturated rings. The van der Waals surface area contributed by atoms with Gasteiger partial charge in [0.05, 0.1) is 29.5 Å². The lowest BCUT2D eigenvalue weighted by atomic mass is 9.84. The average molecular weight is 240 g/mol. The second-order valence-electron chi connectivity index (χ2n) is 6.67. The summed E-state index contributed by atoms with van der Waals surface area (Å²) in [6.07, 6.45) is 8.30. The Morgan fingerprint density at radius 1 is 1.12 bits per heavy atom. The lowest BCUT2D eigenvalue weighted by molar-refractivity contribution is -0.0975. The summed E-state index contributed by atoms with van der Waals surface area (Å²) in [7, 11) is 0. The van der Waals surface area contributed by atoms with E-state index in [1.807, 2.05) is 6.92 Å². The molecule has 0 amide bonds. The Hall–Kier alpha value is -0.120. The molecule has 5 atom stereocenters. The first-order valence-electron chi connectivity index (χ1n) is 7.03. The van der Waals surface area contributed by atoms with Crippen molar-refractivity contribution in [2.75, 3.05) is 0 Å². The maximum absolute atomic E-state index is 10.1. The Kier molecular flexibility index (Phi) is 2.77. The molecular weight excluding hydrogens is 216 g/mol. The van der Waals surface area contributed by atoms with Crippen molar-refractivity contribution in [2.24, 2.45) is 0 Å². The third-order valence-electron chi connectivity index (χ3n) is 4.71. The van der Waals surface area contributed by atoms with Crippen LogP contribution in [0.15, 0.2) is 0 Å². The zero-order chi connectivity index (χ0) is 12.1. The second kappa shape index (κ2) is 3.94. The molecule has 1 heterocycles. The van der Waals surface area contributed by atoms with Crippen LogP contribution < -0.4 is 0 Å². The summed E-state index contributed by atoms with van der Waals surface area (Å²) >= 11 is 0. The van der Waals surface area contributed by atoms with Crippen molar-refractivity contribution in [3.8, 4) is 0 Å². The molecule has 0 aromatic carbocycles. The predicted octanol–water partition coefficient (Wildman–Crippen LogP) is 2.41. The van der Waals surface area contributed by atoms with Gasteiger partial charge in [-0.15, -0.1) is 0 Å². The first-order chi connectivity index (χ1) is 7.97. The topological polar surface area (TPSA) is 42.0 Å². The van der Waals surface area contributed by atoms with E-state index < -0.39 is 5.60 Å². The van der Waals surface area contributed by atoms with Gasteiger partial charge in [-0.2, -0.15) is 0 Å². The van der Waals surface area contributed by atoms with Crippen LogP contribution in [0.3, 0.4) is 0 Å². The highest BCUT2D eigenvalue weighted by atomic mass is 16.6. The maximum atomic E-state index is 10.1. The molecule has 98 valence electrons. The lowest BCUT2D eigenvalue weighted by Gasteiger charge is -2.36. The first kappa shape index (κ1) is 11.9. The van der Waals surface area contributed by atoms with Crippen molar-refractivity contribution < 1.29 is 14.6 Å². The van der Waals surface area contributed by atoms with Crippen LogP contribution in [-0.2, 0) is 9.47 Å². The molecule has 0 bridgehead atoms. The quantitative estimate of drug-likeness (QED) is 0.754. The van der Waals surface area contributed by atoms with Crippen LogP contribution in [0.25, 0.3) is 0 Å². The molecule has 1 aliphatic heterocycles. The second-order valence-corrected chi connectivity index (χ2v) is 6.67. The van der Waals surface area contributed by atoms with E-state index in [-0.39, 0.29) is 11.7 Å². The smallest absolute Gasteiger partial charge is 0.0945 e. The van der Waals surface area contributed by atoms with Crippen molar-refractivity contribution in [3.63, 3.8) is 0 Å². The van der Waals surface area contributed by atoms with Gasteiger partial charge in [-0.25, -0.2) is 0 Å². The van der Waals surface area contributed by atoms with Crippen molar-refractivity contribution >= 4 is 0 Å². The predicted molar refractivity (Wildman–Crippen MR) is 64.9 cm³/mol. The summed E-state index contributed by atoms with van der Waals surface area (Å²) in [5, 5.41) is 10.1. The summed E-state index contributed by atoms with van der Waals surface area (Å²) in [5.74, 6) is 0. The average Bonchev–Trinajstić information content (AvgIpc) is 2.87. The molecule has 1 saturated heterocycles. The Bertz CT molecular complexity index is 295. The van der Waals surface area contributed by atoms with Gasteiger partial charge in [-0.3, -0.25) is 0 Å². The normalized spacial score (nSPS) is 54.2. The molecule has 17 heavy (non-hydrogen) atoms. The van der Waals surface area contributed by atoms with E-state index >= 15 is 0 Å². The largest absolute Gasteiger partial charge is 0.390 e. The summed E-state index contributed by atoms with van der Waals surface area (Å²) in [6, 6.07) is 0. The van der Waals surface area contributed by atoms with E-state index in [0.29, 0.717) is 12.2 Å². The van der Waals surface area contributed by atoms with Gasteiger partial charge in [-0.1, -0.05) is 0 Å². The minimum absolute atomic E-state index is 0.111. The van der Waals surface area contributed by atoms with Gasteiger partial charge in [-0.05, 0) is 46.0 Å². The third-order valence-corrected chi connectivity index (χ3v) is 4.71. The molecule has 0 aromatic heterocycles. The molecule has 3 aliphatic rings. The molecular formula is C14H24O3. The molecule has 3 heteroatoms. The molecule has 2 saturated carbocycles. The molecule has 3 rings (SSSR count). The van der Waals surface area contributed by atoms with Crippen molar-refractivity contribution in [1.29, 1.82) is 0 Å². The van der Waals surface area contributed by atoms with Crippen LogP contribution in [-0.4, -0.2) is 34.6 Å². The number of aliphatic hydroxyl groups is 1. The maximum Gasteiger partial charge on any atom is 0.0945 e. The van der Waals surface area contributed by atoms with Crippen LogP contribution >= 0.6 is 0 Å². The van der Waals surface area contributed by atoms with Gasteiger partial charge in [0.2, 0.25) is 0 Å². The van der Waals surface area contributed by atoms with E-state index in [1.165, 1.54) is 0 Å². The van der Waals surface area contributed by atoms with Gasteiger partial charge in [0.25, 0.3) is 0 Å². The standard InChI is InChI=1S/C14H24O3/c1-13(15)7-3-4-10(8-13)16-11-5-6-12-14(2,9-11)17-12/h10-12,15H,3-9H2,1-2H3. The van der Waals surface area contributed by atoms with Gasteiger partial charge in [0.1, 0.15) is 0 Å². The molecule has 0 aromatic rings. The van der Waals surface area contributed by atoms with Crippen LogP contribution in [0.1, 0.15) is 58.8 Å². The fraction of sp³-hybridized carbons (Fsp3) is 1.00. The molecule has 1 N–H and O–H groups in total. The van der Waals surface area contributed by atoms with Gasteiger partial charge in [0, 0.05) is 12.8 Å². The Morgan fingerprint density at radius 2 is 1.88 bits per heavy atom. The van der Waals surface area contributed by atoms with Crippen molar-refractivity contribution in [1.82, 2.24) is 0 Å². The molecule has 3 nitrogen and oxygen atoms in total. The number of fused-ring (bicyclic) bond motifs is 1.